The predicted molar refractivity (Wildman–Crippen MR) is 81.2 cm³/mol. The van der Waals surface area contributed by atoms with Crippen molar-refractivity contribution < 1.29 is 9.13 Å². The smallest absolute Gasteiger partial charge is 0.227 e. The second-order valence-electron chi connectivity index (χ2n) is 4.94. The van der Waals surface area contributed by atoms with Crippen molar-refractivity contribution in [1.29, 1.82) is 0 Å². The van der Waals surface area contributed by atoms with E-state index < -0.39 is 5.82 Å². The molecule has 108 valence electrons. The van der Waals surface area contributed by atoms with Gasteiger partial charge >= 0.3 is 0 Å². The Morgan fingerprint density at radius 2 is 2.05 bits per heavy atom. The summed E-state index contributed by atoms with van der Waals surface area (Å²) in [5, 5.41) is 2.91. The fourth-order valence-corrected chi connectivity index (χ4v) is 3.08. The normalized spacial score (nSPS) is 11.3. The third-order valence-electron chi connectivity index (χ3n) is 3.24. The van der Waals surface area contributed by atoms with Crippen LogP contribution in [0.4, 0.5) is 4.39 Å². The van der Waals surface area contributed by atoms with E-state index in [0.29, 0.717) is 27.4 Å². The number of thiazole rings is 1. The average Bonchev–Trinajstić information content (AvgIpc) is 2.97. The number of ether oxygens (including phenoxy) is 1. The van der Waals surface area contributed by atoms with E-state index in [2.05, 4.69) is 28.8 Å². The Balaban J connectivity index is 2.21. The molecule has 0 bridgehead atoms. The molecule has 21 heavy (non-hydrogen) atoms. The summed E-state index contributed by atoms with van der Waals surface area (Å²) >= 11 is 1.43. The number of rotatable bonds is 3. The van der Waals surface area contributed by atoms with Crippen LogP contribution in [0.15, 0.2) is 23.8 Å². The molecule has 0 saturated heterocycles. The molecule has 0 aliphatic heterocycles. The summed E-state index contributed by atoms with van der Waals surface area (Å²) in [6.07, 6.45) is 1.36. The van der Waals surface area contributed by atoms with E-state index in [0.717, 1.165) is 5.69 Å². The van der Waals surface area contributed by atoms with Gasteiger partial charge in [0.25, 0.3) is 0 Å². The number of fused-ring (bicyclic) bond motifs is 1. The molecule has 1 aromatic carbocycles. The Hall–Kier alpha value is -2.08. The third kappa shape index (κ3) is 2.35. The highest BCUT2D eigenvalue weighted by atomic mass is 32.1. The van der Waals surface area contributed by atoms with Gasteiger partial charge in [-0.1, -0.05) is 13.8 Å². The Morgan fingerprint density at radius 1 is 1.24 bits per heavy atom. The molecule has 0 N–H and O–H groups in total. The van der Waals surface area contributed by atoms with Crippen LogP contribution in [0.2, 0.25) is 0 Å². The van der Waals surface area contributed by atoms with Gasteiger partial charge in [-0.05, 0) is 18.1 Å². The Kier molecular flexibility index (Phi) is 3.55. The number of hydrogen-bond donors (Lipinski definition) is 0. The number of nitrogens with zero attached hydrogens (tertiary/aromatic N) is 3. The summed E-state index contributed by atoms with van der Waals surface area (Å²) in [6.45, 7) is 4.12. The van der Waals surface area contributed by atoms with Crippen LogP contribution in [0.25, 0.3) is 21.5 Å². The van der Waals surface area contributed by atoms with Crippen molar-refractivity contribution in [2.75, 3.05) is 7.11 Å². The lowest BCUT2D eigenvalue weighted by Gasteiger charge is -2.07. The van der Waals surface area contributed by atoms with Gasteiger partial charge in [0.15, 0.2) is 0 Å². The minimum absolute atomic E-state index is 0.236. The molecule has 0 amide bonds. The van der Waals surface area contributed by atoms with E-state index in [4.69, 9.17) is 4.74 Å². The standard InChI is InChI=1S/C15H14FN3OS/c1-8(2)11-6-21-15(19-11)9-4-5-10-12(13(9)16)14(20-3)18-7-17-10/h4-8H,1-3H3. The highest BCUT2D eigenvalue weighted by molar-refractivity contribution is 7.13. The monoisotopic (exact) mass is 303 g/mol. The number of aromatic nitrogens is 3. The van der Waals surface area contributed by atoms with Gasteiger partial charge in [-0.2, -0.15) is 0 Å². The molecule has 0 radical (unpaired) electrons. The van der Waals surface area contributed by atoms with Crippen LogP contribution in [0.3, 0.4) is 0 Å². The van der Waals surface area contributed by atoms with Gasteiger partial charge in [0.1, 0.15) is 17.2 Å². The molecule has 0 aliphatic carbocycles. The van der Waals surface area contributed by atoms with Crippen molar-refractivity contribution in [3.05, 3.63) is 35.4 Å². The molecule has 4 nitrogen and oxygen atoms in total. The number of hydrogen-bond acceptors (Lipinski definition) is 5. The predicted octanol–water partition coefficient (Wildman–Crippen LogP) is 4.02. The van der Waals surface area contributed by atoms with Gasteiger partial charge in [-0.3, -0.25) is 0 Å². The number of benzene rings is 1. The SMILES string of the molecule is COc1ncnc2ccc(-c3nc(C(C)C)cs3)c(F)c12. The minimum Gasteiger partial charge on any atom is -0.480 e. The van der Waals surface area contributed by atoms with Gasteiger partial charge in [0, 0.05) is 10.9 Å². The van der Waals surface area contributed by atoms with Crippen LogP contribution < -0.4 is 4.74 Å². The molecular formula is C15H14FN3OS. The Morgan fingerprint density at radius 3 is 2.71 bits per heavy atom. The first-order chi connectivity index (χ1) is 10.1. The molecule has 0 atom stereocenters. The van der Waals surface area contributed by atoms with Crippen molar-refractivity contribution in [3.8, 4) is 16.5 Å². The van der Waals surface area contributed by atoms with Gasteiger partial charge in [0.2, 0.25) is 5.88 Å². The number of methoxy groups -OCH3 is 1. The van der Waals surface area contributed by atoms with Crippen LogP contribution in [0.5, 0.6) is 5.88 Å². The molecule has 0 aliphatic rings. The Bertz CT molecular complexity index is 801. The molecule has 2 heterocycles. The fourth-order valence-electron chi connectivity index (χ4n) is 2.08. The van der Waals surface area contributed by atoms with E-state index in [1.54, 1.807) is 12.1 Å². The first-order valence-corrected chi connectivity index (χ1v) is 7.42. The average molecular weight is 303 g/mol. The zero-order valence-corrected chi connectivity index (χ0v) is 12.7. The third-order valence-corrected chi connectivity index (χ3v) is 4.14. The summed E-state index contributed by atoms with van der Waals surface area (Å²) in [7, 11) is 1.47. The molecule has 0 saturated carbocycles. The zero-order valence-electron chi connectivity index (χ0n) is 11.9. The largest absolute Gasteiger partial charge is 0.480 e. The van der Waals surface area contributed by atoms with E-state index in [9.17, 15) is 4.39 Å². The summed E-state index contributed by atoms with van der Waals surface area (Å²) < 4.78 is 20.0. The van der Waals surface area contributed by atoms with Crippen LogP contribution >= 0.6 is 11.3 Å². The lowest BCUT2D eigenvalue weighted by Crippen LogP contribution is -1.95. The lowest BCUT2D eigenvalue weighted by molar-refractivity contribution is 0.401. The van der Waals surface area contributed by atoms with E-state index in [1.807, 2.05) is 5.38 Å². The van der Waals surface area contributed by atoms with E-state index in [-0.39, 0.29) is 5.88 Å². The Labute approximate surface area is 125 Å². The highest BCUT2D eigenvalue weighted by Gasteiger charge is 2.17. The zero-order chi connectivity index (χ0) is 15.0. The molecule has 6 heteroatoms. The second kappa shape index (κ2) is 5.37. The number of halogens is 1. The van der Waals surface area contributed by atoms with Gasteiger partial charge in [-0.25, -0.2) is 19.3 Å². The maximum atomic E-state index is 14.8. The summed E-state index contributed by atoms with van der Waals surface area (Å²) in [4.78, 5) is 12.5. The first kappa shape index (κ1) is 13.9. The topological polar surface area (TPSA) is 47.9 Å². The summed E-state index contributed by atoms with van der Waals surface area (Å²) in [6, 6.07) is 3.46. The van der Waals surface area contributed by atoms with Gasteiger partial charge < -0.3 is 4.74 Å². The van der Waals surface area contributed by atoms with Crippen LogP contribution in [0, 0.1) is 5.82 Å². The highest BCUT2D eigenvalue weighted by Crippen LogP contribution is 2.34. The summed E-state index contributed by atoms with van der Waals surface area (Å²) in [5.41, 5.74) is 1.93. The molecule has 2 aromatic heterocycles. The van der Waals surface area contributed by atoms with E-state index >= 15 is 0 Å². The molecule has 0 fully saturated rings. The maximum absolute atomic E-state index is 14.8. The first-order valence-electron chi connectivity index (χ1n) is 6.54. The summed E-state index contributed by atoms with van der Waals surface area (Å²) in [5.74, 6) is 0.158. The molecule has 3 rings (SSSR count). The van der Waals surface area contributed by atoms with Crippen molar-refractivity contribution in [1.82, 2.24) is 15.0 Å². The quantitative estimate of drug-likeness (QED) is 0.733. The van der Waals surface area contributed by atoms with E-state index in [1.165, 1.54) is 24.8 Å². The minimum atomic E-state index is -0.394. The molecule has 0 unspecified atom stereocenters. The van der Waals surface area contributed by atoms with Crippen LogP contribution in [0.1, 0.15) is 25.5 Å². The molecular weight excluding hydrogens is 289 g/mol. The van der Waals surface area contributed by atoms with Crippen molar-refractivity contribution in [2.45, 2.75) is 19.8 Å². The van der Waals surface area contributed by atoms with Gasteiger partial charge in [0.05, 0.1) is 23.7 Å². The second-order valence-corrected chi connectivity index (χ2v) is 5.79. The van der Waals surface area contributed by atoms with Crippen molar-refractivity contribution in [2.24, 2.45) is 0 Å². The van der Waals surface area contributed by atoms with Crippen molar-refractivity contribution in [3.63, 3.8) is 0 Å². The molecule has 0 spiro atoms. The fraction of sp³-hybridized carbons (Fsp3) is 0.267. The lowest BCUT2D eigenvalue weighted by atomic mass is 10.1. The van der Waals surface area contributed by atoms with Crippen LogP contribution in [-0.2, 0) is 0 Å². The molecule has 3 aromatic rings. The van der Waals surface area contributed by atoms with Crippen LogP contribution in [-0.4, -0.2) is 22.1 Å². The van der Waals surface area contributed by atoms with Crippen molar-refractivity contribution >= 4 is 22.2 Å². The van der Waals surface area contributed by atoms with Gasteiger partial charge in [-0.15, -0.1) is 11.3 Å². The maximum Gasteiger partial charge on any atom is 0.227 e.